The van der Waals surface area contributed by atoms with Crippen LogP contribution < -0.4 is 4.74 Å². The number of para-hydroxylation sites is 1. The highest BCUT2D eigenvalue weighted by Crippen LogP contribution is 2.49. The molecule has 3 aliphatic heterocycles. The molecular formula is C23H32N2O3. The molecule has 4 fully saturated rings. The second-order valence-corrected chi connectivity index (χ2v) is 9.30. The van der Waals surface area contributed by atoms with E-state index in [-0.39, 0.29) is 18.0 Å². The zero-order valence-corrected chi connectivity index (χ0v) is 17.1. The first kappa shape index (κ1) is 18.4. The summed E-state index contributed by atoms with van der Waals surface area (Å²) in [4.78, 5) is 17.4. The maximum Gasteiger partial charge on any atom is 0.226 e. The van der Waals surface area contributed by atoms with Crippen LogP contribution in [0.15, 0.2) is 24.3 Å². The van der Waals surface area contributed by atoms with E-state index in [0.29, 0.717) is 25.0 Å². The van der Waals surface area contributed by atoms with Crippen LogP contribution >= 0.6 is 0 Å². The van der Waals surface area contributed by atoms with E-state index in [4.69, 9.17) is 9.47 Å². The molecule has 0 N–H and O–H groups in total. The summed E-state index contributed by atoms with van der Waals surface area (Å²) in [6, 6.07) is 8.81. The monoisotopic (exact) mass is 384 g/mol. The van der Waals surface area contributed by atoms with Gasteiger partial charge in [-0.2, -0.15) is 0 Å². The van der Waals surface area contributed by atoms with E-state index in [1.165, 1.54) is 18.4 Å². The summed E-state index contributed by atoms with van der Waals surface area (Å²) in [5, 5.41) is 0. The predicted octanol–water partition coefficient (Wildman–Crippen LogP) is 3.57. The zero-order valence-electron chi connectivity index (χ0n) is 17.1. The van der Waals surface area contributed by atoms with Crippen LogP contribution in [0.25, 0.3) is 0 Å². The smallest absolute Gasteiger partial charge is 0.226 e. The number of nitrogens with zero attached hydrogens (tertiary/aromatic N) is 2. The molecule has 0 radical (unpaired) electrons. The third kappa shape index (κ3) is 2.86. The molecule has 1 amide bonds. The molecule has 3 saturated heterocycles. The lowest BCUT2D eigenvalue weighted by atomic mass is 10.0. The van der Waals surface area contributed by atoms with E-state index in [1.807, 2.05) is 0 Å². The summed E-state index contributed by atoms with van der Waals surface area (Å²) < 4.78 is 12.7. The highest BCUT2D eigenvalue weighted by atomic mass is 16.5. The Bertz CT molecular complexity index is 745. The van der Waals surface area contributed by atoms with Crippen LogP contribution in [0.2, 0.25) is 0 Å². The minimum absolute atomic E-state index is 0.156. The van der Waals surface area contributed by atoms with Crippen LogP contribution in [-0.2, 0) is 16.1 Å². The Morgan fingerprint density at radius 2 is 2.04 bits per heavy atom. The zero-order chi connectivity index (χ0) is 19.3. The van der Waals surface area contributed by atoms with Crippen LogP contribution in [0.5, 0.6) is 5.75 Å². The van der Waals surface area contributed by atoms with Gasteiger partial charge in [0, 0.05) is 31.5 Å². The summed E-state index contributed by atoms with van der Waals surface area (Å²) in [5.41, 5.74) is 0.837. The summed E-state index contributed by atoms with van der Waals surface area (Å²) in [5.74, 6) is 1.71. The van der Waals surface area contributed by atoms with Gasteiger partial charge in [-0.1, -0.05) is 32.0 Å². The summed E-state index contributed by atoms with van der Waals surface area (Å²) in [6.45, 7) is 6.85. The lowest BCUT2D eigenvalue weighted by Crippen LogP contribution is -2.50. The van der Waals surface area contributed by atoms with Gasteiger partial charge in [0.2, 0.25) is 5.91 Å². The van der Waals surface area contributed by atoms with E-state index >= 15 is 0 Å². The van der Waals surface area contributed by atoms with Crippen molar-refractivity contribution in [1.29, 1.82) is 0 Å². The van der Waals surface area contributed by atoms with E-state index < -0.39 is 5.72 Å². The number of benzene rings is 1. The van der Waals surface area contributed by atoms with Gasteiger partial charge in [0.25, 0.3) is 0 Å². The fourth-order valence-corrected chi connectivity index (χ4v) is 5.80. The van der Waals surface area contributed by atoms with Crippen LogP contribution in [-0.4, -0.2) is 52.8 Å². The number of likely N-dealkylation sites (tertiary alicyclic amines) is 1. The van der Waals surface area contributed by atoms with E-state index in [0.717, 1.165) is 38.1 Å². The van der Waals surface area contributed by atoms with Gasteiger partial charge in [0.1, 0.15) is 5.75 Å². The Balaban J connectivity index is 1.35. The largest absolute Gasteiger partial charge is 0.490 e. The molecule has 5 heteroatoms. The van der Waals surface area contributed by atoms with Crippen molar-refractivity contribution < 1.29 is 14.3 Å². The first-order valence-corrected chi connectivity index (χ1v) is 11.0. The molecule has 3 atom stereocenters. The van der Waals surface area contributed by atoms with Gasteiger partial charge in [0.05, 0.1) is 24.8 Å². The van der Waals surface area contributed by atoms with Crippen LogP contribution in [0, 0.1) is 5.92 Å². The normalized spacial score (nSPS) is 33.1. The van der Waals surface area contributed by atoms with E-state index in [1.54, 1.807) is 0 Å². The van der Waals surface area contributed by atoms with Crippen LogP contribution in [0.3, 0.4) is 0 Å². The molecule has 28 heavy (non-hydrogen) atoms. The standard InChI is InChI=1S/C23H32N2O3/c1-16(2)19-15-27-23-11-12-24(21(23)13-22(26)25(19)23)14-17-7-3-6-10-20(17)28-18-8-4-5-9-18/h3,6-7,10,16,18-19,21H,4-5,8-9,11-15H2,1-2H3/t19-,21+,23-/m0/s1. The minimum atomic E-state index is -0.396. The molecule has 1 saturated carbocycles. The van der Waals surface area contributed by atoms with Gasteiger partial charge < -0.3 is 14.4 Å². The average molecular weight is 385 g/mol. The number of rotatable bonds is 5. The molecule has 5 rings (SSSR count). The van der Waals surface area contributed by atoms with Gasteiger partial charge >= 0.3 is 0 Å². The van der Waals surface area contributed by atoms with Crippen molar-refractivity contribution in [2.24, 2.45) is 5.92 Å². The highest BCUT2D eigenvalue weighted by molar-refractivity contribution is 5.82. The topological polar surface area (TPSA) is 42.0 Å². The predicted molar refractivity (Wildman–Crippen MR) is 107 cm³/mol. The van der Waals surface area contributed by atoms with Crippen molar-refractivity contribution >= 4 is 5.91 Å². The van der Waals surface area contributed by atoms with Crippen molar-refractivity contribution in [2.45, 2.75) is 82.8 Å². The molecule has 0 aromatic heterocycles. The van der Waals surface area contributed by atoms with Crippen molar-refractivity contribution in [3.63, 3.8) is 0 Å². The van der Waals surface area contributed by atoms with Crippen molar-refractivity contribution in [2.75, 3.05) is 13.2 Å². The number of ether oxygens (including phenoxy) is 2. The van der Waals surface area contributed by atoms with Gasteiger partial charge in [-0.25, -0.2) is 0 Å². The second-order valence-electron chi connectivity index (χ2n) is 9.30. The highest BCUT2D eigenvalue weighted by Gasteiger charge is 2.64. The molecule has 4 aliphatic rings. The van der Waals surface area contributed by atoms with Crippen molar-refractivity contribution in [1.82, 2.24) is 9.80 Å². The van der Waals surface area contributed by atoms with Crippen LogP contribution in [0.1, 0.15) is 57.9 Å². The Morgan fingerprint density at radius 1 is 1.25 bits per heavy atom. The lowest BCUT2D eigenvalue weighted by molar-refractivity contribution is -0.139. The maximum absolute atomic E-state index is 12.9. The molecule has 5 nitrogen and oxygen atoms in total. The second kappa shape index (κ2) is 7.03. The number of hydrogen-bond acceptors (Lipinski definition) is 4. The molecule has 1 aliphatic carbocycles. The van der Waals surface area contributed by atoms with Gasteiger partial charge in [-0.3, -0.25) is 9.69 Å². The number of hydrogen-bond donors (Lipinski definition) is 0. The Labute approximate surface area is 168 Å². The number of amides is 1. The van der Waals surface area contributed by atoms with Crippen molar-refractivity contribution in [3.8, 4) is 5.75 Å². The third-order valence-electron chi connectivity index (χ3n) is 7.31. The molecule has 1 aromatic rings. The average Bonchev–Trinajstić information content (AvgIpc) is 3.42. The summed E-state index contributed by atoms with van der Waals surface area (Å²) in [6.07, 6.45) is 6.73. The molecule has 152 valence electrons. The summed E-state index contributed by atoms with van der Waals surface area (Å²) in [7, 11) is 0. The Morgan fingerprint density at radius 3 is 2.82 bits per heavy atom. The number of carbonyl (C=O) groups excluding carboxylic acids is 1. The first-order chi connectivity index (χ1) is 13.6. The quantitative estimate of drug-likeness (QED) is 0.778. The molecule has 3 heterocycles. The van der Waals surface area contributed by atoms with Crippen LogP contribution in [0.4, 0.5) is 0 Å². The van der Waals surface area contributed by atoms with Gasteiger partial charge in [-0.15, -0.1) is 0 Å². The molecule has 1 spiro atoms. The fraction of sp³-hybridized carbons (Fsp3) is 0.696. The van der Waals surface area contributed by atoms with Crippen molar-refractivity contribution in [3.05, 3.63) is 29.8 Å². The van der Waals surface area contributed by atoms with Gasteiger partial charge in [-0.05, 0) is 37.7 Å². The number of carbonyl (C=O) groups is 1. The summed E-state index contributed by atoms with van der Waals surface area (Å²) >= 11 is 0. The SMILES string of the molecule is CC(C)[C@@H]1CO[C@@]23CCN(Cc4ccccc4OC4CCCC4)[C@@H]2CC(=O)N13. The lowest BCUT2D eigenvalue weighted by Gasteiger charge is -2.34. The van der Waals surface area contributed by atoms with Gasteiger partial charge in [0.15, 0.2) is 5.72 Å². The minimum Gasteiger partial charge on any atom is -0.490 e. The molecular weight excluding hydrogens is 352 g/mol. The molecule has 1 aromatic carbocycles. The Hall–Kier alpha value is -1.59. The third-order valence-corrected chi connectivity index (χ3v) is 7.31. The molecule has 0 bridgehead atoms. The Kier molecular flexibility index (Phi) is 4.63. The first-order valence-electron chi connectivity index (χ1n) is 11.0. The van der Waals surface area contributed by atoms with E-state index in [9.17, 15) is 4.79 Å². The maximum atomic E-state index is 12.9. The fourth-order valence-electron chi connectivity index (χ4n) is 5.80. The van der Waals surface area contributed by atoms with E-state index in [2.05, 4.69) is 47.9 Å². The molecule has 0 unspecified atom stereocenters.